The summed E-state index contributed by atoms with van der Waals surface area (Å²) in [6.07, 6.45) is 3.84. The maximum Gasteiger partial charge on any atom is 0.253 e. The molecule has 3 rings (SSSR count). The Labute approximate surface area is 112 Å². The lowest BCUT2D eigenvalue weighted by Gasteiger charge is -2.09. The minimum Gasteiger partial charge on any atom is -0.349 e. The molecule has 19 heavy (non-hydrogen) atoms. The average molecular weight is 255 g/mol. The first-order valence-electron chi connectivity index (χ1n) is 6.57. The molecule has 1 N–H and O–H groups in total. The van der Waals surface area contributed by atoms with Crippen LogP contribution in [-0.2, 0) is 0 Å². The fourth-order valence-corrected chi connectivity index (χ4v) is 2.18. The summed E-state index contributed by atoms with van der Waals surface area (Å²) in [6, 6.07) is 8.22. The first-order valence-corrected chi connectivity index (χ1v) is 6.57. The van der Waals surface area contributed by atoms with Crippen molar-refractivity contribution in [1.82, 2.24) is 14.9 Å². The predicted octanol–water partition coefficient (Wildman–Crippen LogP) is 2.38. The molecule has 4 heteroatoms. The number of nitrogens with one attached hydrogen (secondary N) is 1. The van der Waals surface area contributed by atoms with Crippen LogP contribution in [0.2, 0.25) is 0 Å². The number of pyridine rings is 1. The average Bonchev–Trinajstić information content (AvgIpc) is 3.15. The van der Waals surface area contributed by atoms with E-state index in [1.807, 2.05) is 26.0 Å². The Morgan fingerprint density at radius 2 is 1.89 bits per heavy atom. The highest BCUT2D eigenvalue weighted by atomic mass is 16.1. The topological polar surface area (TPSA) is 46.9 Å². The van der Waals surface area contributed by atoms with E-state index >= 15 is 0 Å². The van der Waals surface area contributed by atoms with Crippen molar-refractivity contribution in [2.75, 3.05) is 0 Å². The number of hydrogen-bond acceptors (Lipinski definition) is 2. The van der Waals surface area contributed by atoms with Gasteiger partial charge in [-0.2, -0.15) is 0 Å². The van der Waals surface area contributed by atoms with Gasteiger partial charge in [-0.3, -0.25) is 4.79 Å². The fraction of sp³-hybridized carbons (Fsp3) is 0.333. The van der Waals surface area contributed by atoms with Crippen LogP contribution in [0.4, 0.5) is 0 Å². The number of nitrogens with zero attached hydrogens (tertiary/aromatic N) is 2. The molecule has 0 saturated heterocycles. The number of aryl methyl sites for hydroxylation is 2. The number of carbonyl (C=O) groups is 1. The summed E-state index contributed by atoms with van der Waals surface area (Å²) in [7, 11) is 0. The summed E-state index contributed by atoms with van der Waals surface area (Å²) in [5.41, 5.74) is 2.90. The Hall–Kier alpha value is -2.10. The molecule has 2 aromatic rings. The highest BCUT2D eigenvalue weighted by molar-refractivity contribution is 5.94. The van der Waals surface area contributed by atoms with Gasteiger partial charge in [-0.15, -0.1) is 0 Å². The molecule has 2 heterocycles. The molecular weight excluding hydrogens is 238 g/mol. The molecule has 1 amide bonds. The Bertz CT molecular complexity index is 589. The van der Waals surface area contributed by atoms with E-state index < -0.39 is 0 Å². The van der Waals surface area contributed by atoms with Crippen LogP contribution in [0, 0.1) is 13.8 Å². The number of hydrogen-bond donors (Lipinski definition) is 1. The normalized spacial score (nSPS) is 14.4. The van der Waals surface area contributed by atoms with Crippen LogP contribution in [0.15, 0.2) is 30.5 Å². The van der Waals surface area contributed by atoms with Gasteiger partial charge >= 0.3 is 0 Å². The van der Waals surface area contributed by atoms with Gasteiger partial charge < -0.3 is 9.88 Å². The van der Waals surface area contributed by atoms with Crippen LogP contribution in [0.3, 0.4) is 0 Å². The van der Waals surface area contributed by atoms with Gasteiger partial charge in [0.1, 0.15) is 5.82 Å². The number of amides is 1. The minimum absolute atomic E-state index is 0.0255. The third kappa shape index (κ3) is 2.38. The van der Waals surface area contributed by atoms with Gasteiger partial charge in [0.25, 0.3) is 5.91 Å². The van der Waals surface area contributed by atoms with E-state index in [0.29, 0.717) is 11.6 Å². The van der Waals surface area contributed by atoms with E-state index in [1.165, 1.54) is 0 Å². The largest absolute Gasteiger partial charge is 0.349 e. The predicted molar refractivity (Wildman–Crippen MR) is 73.5 cm³/mol. The molecule has 0 spiro atoms. The van der Waals surface area contributed by atoms with Gasteiger partial charge in [-0.05, 0) is 51.0 Å². The van der Waals surface area contributed by atoms with Crippen molar-refractivity contribution in [2.45, 2.75) is 32.7 Å². The van der Waals surface area contributed by atoms with E-state index in [1.54, 1.807) is 6.20 Å². The van der Waals surface area contributed by atoms with Crippen molar-refractivity contribution in [3.8, 4) is 5.82 Å². The zero-order chi connectivity index (χ0) is 13.4. The summed E-state index contributed by atoms with van der Waals surface area (Å²) in [5, 5.41) is 2.96. The Morgan fingerprint density at radius 1 is 1.21 bits per heavy atom. The van der Waals surface area contributed by atoms with Crippen molar-refractivity contribution < 1.29 is 4.79 Å². The molecule has 1 fully saturated rings. The lowest BCUT2D eigenvalue weighted by Crippen LogP contribution is -2.25. The quantitative estimate of drug-likeness (QED) is 0.915. The zero-order valence-electron chi connectivity index (χ0n) is 11.2. The van der Waals surface area contributed by atoms with Crippen LogP contribution in [0.1, 0.15) is 34.6 Å². The number of carbonyl (C=O) groups excluding carboxylic acids is 1. The summed E-state index contributed by atoms with van der Waals surface area (Å²) >= 11 is 0. The van der Waals surface area contributed by atoms with Gasteiger partial charge in [0, 0.05) is 23.6 Å². The van der Waals surface area contributed by atoms with Crippen molar-refractivity contribution >= 4 is 5.91 Å². The smallest absolute Gasteiger partial charge is 0.253 e. The van der Waals surface area contributed by atoms with E-state index in [4.69, 9.17) is 0 Å². The lowest BCUT2D eigenvalue weighted by atomic mass is 10.2. The molecule has 0 atom stereocenters. The van der Waals surface area contributed by atoms with Crippen molar-refractivity contribution in [3.05, 3.63) is 47.4 Å². The second kappa shape index (κ2) is 4.53. The van der Waals surface area contributed by atoms with Crippen molar-refractivity contribution in [2.24, 2.45) is 0 Å². The van der Waals surface area contributed by atoms with Crippen LogP contribution in [-0.4, -0.2) is 21.5 Å². The molecule has 1 saturated carbocycles. The summed E-state index contributed by atoms with van der Waals surface area (Å²) in [5.74, 6) is 0.825. The third-order valence-corrected chi connectivity index (χ3v) is 3.42. The summed E-state index contributed by atoms with van der Waals surface area (Å²) in [6.45, 7) is 4.09. The second-order valence-electron chi connectivity index (χ2n) is 5.10. The minimum atomic E-state index is -0.0255. The van der Waals surface area contributed by atoms with Crippen LogP contribution in [0.5, 0.6) is 0 Å². The van der Waals surface area contributed by atoms with E-state index in [0.717, 1.165) is 30.0 Å². The van der Waals surface area contributed by atoms with Crippen LogP contribution < -0.4 is 5.32 Å². The van der Waals surface area contributed by atoms with E-state index in [2.05, 4.69) is 27.0 Å². The molecule has 1 aliphatic carbocycles. The molecule has 0 unspecified atom stereocenters. The first kappa shape index (κ1) is 12.0. The highest BCUT2D eigenvalue weighted by Crippen LogP contribution is 2.19. The zero-order valence-corrected chi connectivity index (χ0v) is 11.2. The summed E-state index contributed by atoms with van der Waals surface area (Å²) in [4.78, 5) is 16.3. The molecule has 1 aliphatic rings. The molecule has 4 nitrogen and oxygen atoms in total. The van der Waals surface area contributed by atoms with Crippen LogP contribution in [0.25, 0.3) is 5.82 Å². The van der Waals surface area contributed by atoms with E-state index in [9.17, 15) is 4.79 Å². The monoisotopic (exact) mass is 255 g/mol. The van der Waals surface area contributed by atoms with Crippen LogP contribution >= 0.6 is 0 Å². The lowest BCUT2D eigenvalue weighted by molar-refractivity contribution is 0.0950. The fourth-order valence-electron chi connectivity index (χ4n) is 2.18. The maximum absolute atomic E-state index is 11.9. The number of rotatable bonds is 3. The van der Waals surface area contributed by atoms with Crippen molar-refractivity contribution in [3.63, 3.8) is 0 Å². The molecule has 0 radical (unpaired) electrons. The van der Waals surface area contributed by atoms with Gasteiger partial charge in [0.05, 0.1) is 5.56 Å². The number of aromatic nitrogens is 2. The first-order chi connectivity index (χ1) is 9.15. The second-order valence-corrected chi connectivity index (χ2v) is 5.10. The van der Waals surface area contributed by atoms with Gasteiger partial charge in [-0.1, -0.05) is 0 Å². The Morgan fingerprint density at radius 3 is 2.42 bits per heavy atom. The molecule has 0 bridgehead atoms. The Balaban J connectivity index is 1.84. The summed E-state index contributed by atoms with van der Waals surface area (Å²) < 4.78 is 2.07. The third-order valence-electron chi connectivity index (χ3n) is 3.42. The molecule has 98 valence electrons. The van der Waals surface area contributed by atoms with Gasteiger partial charge in [0.15, 0.2) is 0 Å². The SMILES string of the molecule is Cc1ccc(C)n1-c1ccc(C(=O)NC2CC2)cn1. The Kier molecular flexibility index (Phi) is 2.85. The van der Waals surface area contributed by atoms with Gasteiger partial charge in [-0.25, -0.2) is 4.98 Å². The van der Waals surface area contributed by atoms with Crippen molar-refractivity contribution in [1.29, 1.82) is 0 Å². The molecule has 0 aromatic carbocycles. The van der Waals surface area contributed by atoms with Gasteiger partial charge in [0.2, 0.25) is 0 Å². The maximum atomic E-state index is 11.9. The van der Waals surface area contributed by atoms with E-state index in [-0.39, 0.29) is 5.91 Å². The standard InChI is InChI=1S/C15H17N3O/c1-10-3-4-11(2)18(10)14-8-5-12(9-16-14)15(19)17-13-6-7-13/h3-5,8-9,13H,6-7H2,1-2H3,(H,17,19). The molecular formula is C15H17N3O. The molecule has 2 aromatic heterocycles. The highest BCUT2D eigenvalue weighted by Gasteiger charge is 2.23. The molecule has 0 aliphatic heterocycles.